The minimum absolute atomic E-state index is 0. The van der Waals surface area contributed by atoms with E-state index in [0.717, 1.165) is 22.9 Å². The van der Waals surface area contributed by atoms with Crippen LogP contribution in [0.15, 0.2) is 11.2 Å². The van der Waals surface area contributed by atoms with Crippen LogP contribution in [0.1, 0.15) is 28.2 Å². The summed E-state index contributed by atoms with van der Waals surface area (Å²) in [5.74, 6) is 0.762. The molecule has 0 aromatic carbocycles. The van der Waals surface area contributed by atoms with Crippen molar-refractivity contribution in [2.24, 2.45) is 12.0 Å². The van der Waals surface area contributed by atoms with Gasteiger partial charge in [-0.25, -0.2) is 0 Å². The second-order valence-corrected chi connectivity index (χ2v) is 5.07. The number of aromatic amines is 1. The molecule has 0 bridgehead atoms. The van der Waals surface area contributed by atoms with Crippen LogP contribution in [-0.2, 0) is 20.1 Å². The molecule has 2 aromatic rings. The quantitative estimate of drug-likeness (QED) is 0.401. The van der Waals surface area contributed by atoms with E-state index in [4.69, 9.17) is 0 Å². The molecule has 0 spiro atoms. The van der Waals surface area contributed by atoms with Crippen LogP contribution >= 0.6 is 24.0 Å². The Hall–Kier alpha value is -1.58. The van der Waals surface area contributed by atoms with Crippen LogP contribution in [0.25, 0.3) is 0 Å². The molecule has 2 heterocycles. The number of guanidine groups is 1. The summed E-state index contributed by atoms with van der Waals surface area (Å²) in [5.41, 5.74) is 5.62. The van der Waals surface area contributed by atoms with Gasteiger partial charge in [0.15, 0.2) is 5.96 Å². The normalized spacial score (nSPS) is 11.2. The van der Waals surface area contributed by atoms with Crippen LogP contribution in [0.5, 0.6) is 0 Å². The first-order valence-electron chi connectivity index (χ1n) is 6.95. The molecule has 2 aromatic heterocycles. The van der Waals surface area contributed by atoms with Gasteiger partial charge in [0.1, 0.15) is 0 Å². The Morgan fingerprint density at radius 3 is 2.45 bits per heavy atom. The standard InChI is InChI=1S/C14H23N7.HI/c1-9-12(7-18-19-9)6-16-14(15-4)17-8-13-10(2)20-21(5)11(13)3;/h7H,6,8H2,1-5H3,(H,18,19)(H2,15,16,17);1H. The third kappa shape index (κ3) is 4.21. The van der Waals surface area contributed by atoms with E-state index in [1.165, 1.54) is 11.3 Å². The summed E-state index contributed by atoms with van der Waals surface area (Å²) in [6.45, 7) is 7.49. The molecule has 0 aliphatic rings. The lowest BCUT2D eigenvalue weighted by molar-refractivity contribution is 0.728. The smallest absolute Gasteiger partial charge is 0.191 e. The molecule has 0 radical (unpaired) electrons. The third-order valence-corrected chi connectivity index (χ3v) is 3.70. The Bertz CT molecular complexity index is 642. The summed E-state index contributed by atoms with van der Waals surface area (Å²) in [5, 5.41) is 17.9. The van der Waals surface area contributed by atoms with Crippen LogP contribution in [-0.4, -0.2) is 33.0 Å². The summed E-state index contributed by atoms with van der Waals surface area (Å²) in [4.78, 5) is 4.23. The van der Waals surface area contributed by atoms with Crippen molar-refractivity contribution < 1.29 is 0 Å². The van der Waals surface area contributed by atoms with Crippen LogP contribution < -0.4 is 10.6 Å². The first-order valence-corrected chi connectivity index (χ1v) is 6.95. The maximum Gasteiger partial charge on any atom is 0.191 e. The maximum absolute atomic E-state index is 4.42. The highest BCUT2D eigenvalue weighted by Crippen LogP contribution is 2.11. The molecule has 0 aliphatic heterocycles. The Labute approximate surface area is 148 Å². The van der Waals surface area contributed by atoms with Gasteiger partial charge in [-0.05, 0) is 20.8 Å². The van der Waals surface area contributed by atoms with E-state index < -0.39 is 0 Å². The van der Waals surface area contributed by atoms with Gasteiger partial charge < -0.3 is 10.6 Å². The Balaban J connectivity index is 0.00000242. The van der Waals surface area contributed by atoms with Crippen molar-refractivity contribution in [3.05, 3.63) is 34.4 Å². The average Bonchev–Trinajstić information content (AvgIpc) is 2.96. The molecule has 0 unspecified atom stereocenters. The molecule has 3 N–H and O–H groups in total. The van der Waals surface area contributed by atoms with E-state index in [0.29, 0.717) is 13.1 Å². The fourth-order valence-electron chi connectivity index (χ4n) is 2.20. The molecule has 7 nitrogen and oxygen atoms in total. The van der Waals surface area contributed by atoms with Crippen molar-refractivity contribution in [2.75, 3.05) is 7.05 Å². The monoisotopic (exact) mass is 417 g/mol. The number of aromatic nitrogens is 4. The first kappa shape index (κ1) is 18.5. The lowest BCUT2D eigenvalue weighted by Gasteiger charge is -2.12. The second-order valence-electron chi connectivity index (χ2n) is 5.07. The number of hydrogen-bond donors (Lipinski definition) is 3. The number of H-pyrrole nitrogens is 1. The summed E-state index contributed by atoms with van der Waals surface area (Å²) in [6, 6.07) is 0. The van der Waals surface area contributed by atoms with Crippen molar-refractivity contribution in [3.8, 4) is 0 Å². The van der Waals surface area contributed by atoms with Crippen LogP contribution in [0, 0.1) is 20.8 Å². The van der Waals surface area contributed by atoms with Gasteiger partial charge in [0, 0.05) is 49.7 Å². The van der Waals surface area contributed by atoms with E-state index >= 15 is 0 Å². The molecule has 2 rings (SSSR count). The number of nitrogens with one attached hydrogen (secondary N) is 3. The molecule has 0 aliphatic carbocycles. The Kier molecular flexibility index (Phi) is 6.85. The fraction of sp³-hybridized carbons (Fsp3) is 0.500. The topological polar surface area (TPSA) is 82.9 Å². The zero-order chi connectivity index (χ0) is 15.4. The molecule has 0 fully saturated rings. The minimum atomic E-state index is 0. The number of halogens is 1. The number of rotatable bonds is 4. The predicted molar refractivity (Wildman–Crippen MR) is 98.5 cm³/mol. The molecular weight excluding hydrogens is 393 g/mol. The van der Waals surface area contributed by atoms with E-state index in [-0.39, 0.29) is 24.0 Å². The zero-order valence-corrected chi connectivity index (χ0v) is 16.0. The molecule has 0 amide bonds. The largest absolute Gasteiger partial charge is 0.352 e. The van der Waals surface area contributed by atoms with Gasteiger partial charge >= 0.3 is 0 Å². The van der Waals surface area contributed by atoms with Gasteiger partial charge in [0.2, 0.25) is 0 Å². The molecule has 122 valence electrons. The SMILES string of the molecule is CN=C(NCc1cn[nH]c1C)NCc1c(C)nn(C)c1C.I. The molecule has 22 heavy (non-hydrogen) atoms. The van der Waals surface area contributed by atoms with E-state index in [9.17, 15) is 0 Å². The van der Waals surface area contributed by atoms with Crippen molar-refractivity contribution in [3.63, 3.8) is 0 Å². The van der Waals surface area contributed by atoms with E-state index in [1.54, 1.807) is 7.05 Å². The fourth-order valence-corrected chi connectivity index (χ4v) is 2.20. The zero-order valence-electron chi connectivity index (χ0n) is 13.7. The van der Waals surface area contributed by atoms with Crippen molar-refractivity contribution in [2.45, 2.75) is 33.9 Å². The van der Waals surface area contributed by atoms with Gasteiger partial charge in [0.25, 0.3) is 0 Å². The van der Waals surface area contributed by atoms with Gasteiger partial charge in [-0.2, -0.15) is 10.2 Å². The second kappa shape index (κ2) is 8.16. The molecule has 0 atom stereocenters. The minimum Gasteiger partial charge on any atom is -0.352 e. The third-order valence-electron chi connectivity index (χ3n) is 3.70. The number of aliphatic imine (C=N–C) groups is 1. The highest BCUT2D eigenvalue weighted by molar-refractivity contribution is 14.0. The molecular formula is C14H24IN7. The molecule has 0 saturated heterocycles. The summed E-state index contributed by atoms with van der Waals surface area (Å²) >= 11 is 0. The lowest BCUT2D eigenvalue weighted by Crippen LogP contribution is -2.36. The molecule has 8 heteroatoms. The number of nitrogens with zero attached hydrogens (tertiary/aromatic N) is 4. The highest BCUT2D eigenvalue weighted by atomic mass is 127. The number of hydrogen-bond acceptors (Lipinski definition) is 3. The maximum atomic E-state index is 4.42. The van der Waals surface area contributed by atoms with Gasteiger partial charge in [-0.1, -0.05) is 0 Å². The van der Waals surface area contributed by atoms with Crippen LogP contribution in [0.2, 0.25) is 0 Å². The van der Waals surface area contributed by atoms with Crippen LogP contribution in [0.4, 0.5) is 0 Å². The molecule has 0 saturated carbocycles. The predicted octanol–water partition coefficient (Wildman–Crippen LogP) is 1.55. The first-order chi connectivity index (χ1) is 10.0. The summed E-state index contributed by atoms with van der Waals surface area (Å²) < 4.78 is 1.90. The summed E-state index contributed by atoms with van der Waals surface area (Å²) in [6.07, 6.45) is 1.82. The van der Waals surface area contributed by atoms with Crippen molar-refractivity contribution >= 4 is 29.9 Å². The lowest BCUT2D eigenvalue weighted by atomic mass is 10.2. The van der Waals surface area contributed by atoms with Gasteiger partial charge in [-0.15, -0.1) is 24.0 Å². The number of aryl methyl sites for hydroxylation is 3. The van der Waals surface area contributed by atoms with E-state index in [1.807, 2.05) is 31.8 Å². The van der Waals surface area contributed by atoms with Crippen molar-refractivity contribution in [1.82, 2.24) is 30.6 Å². The van der Waals surface area contributed by atoms with E-state index in [2.05, 4.69) is 37.8 Å². The van der Waals surface area contributed by atoms with Gasteiger partial charge in [-0.3, -0.25) is 14.8 Å². The average molecular weight is 417 g/mol. The van der Waals surface area contributed by atoms with Gasteiger partial charge in [0.05, 0.1) is 11.9 Å². The Morgan fingerprint density at radius 1 is 1.27 bits per heavy atom. The highest BCUT2D eigenvalue weighted by Gasteiger charge is 2.10. The Morgan fingerprint density at radius 2 is 1.95 bits per heavy atom. The van der Waals surface area contributed by atoms with Crippen molar-refractivity contribution in [1.29, 1.82) is 0 Å². The van der Waals surface area contributed by atoms with Crippen LogP contribution in [0.3, 0.4) is 0 Å². The summed E-state index contributed by atoms with van der Waals surface area (Å²) in [7, 11) is 3.72.